The van der Waals surface area contributed by atoms with Gasteiger partial charge in [0.2, 0.25) is 10.0 Å². The summed E-state index contributed by atoms with van der Waals surface area (Å²) in [5.41, 5.74) is -0.862. The summed E-state index contributed by atoms with van der Waals surface area (Å²) < 4.78 is 65.3. The van der Waals surface area contributed by atoms with Crippen LogP contribution < -0.4 is 0 Å². The van der Waals surface area contributed by atoms with Crippen LogP contribution in [0.4, 0.5) is 13.2 Å². The smallest absolute Gasteiger partial charge is 0.395 e. The van der Waals surface area contributed by atoms with Gasteiger partial charge in [-0.2, -0.15) is 17.5 Å². The van der Waals surface area contributed by atoms with Crippen LogP contribution in [0.1, 0.15) is 56.9 Å². The normalized spacial score (nSPS) is 20.0. The molecule has 33 heavy (non-hydrogen) atoms. The van der Waals surface area contributed by atoms with Crippen molar-refractivity contribution in [2.45, 2.75) is 68.5 Å². The highest BCUT2D eigenvalue weighted by atomic mass is 32.2. The summed E-state index contributed by atoms with van der Waals surface area (Å²) in [5, 5.41) is 18.1. The number of nitrogens with zero attached hydrogens (tertiary/aromatic N) is 2. The molecular formula is C23H37F3N2O4S. The summed E-state index contributed by atoms with van der Waals surface area (Å²) in [6.07, 6.45) is 3.19. The van der Waals surface area contributed by atoms with E-state index >= 15 is 0 Å². The fraction of sp³-hybridized carbons (Fsp3) is 0.739. The molecule has 0 heterocycles. The van der Waals surface area contributed by atoms with E-state index in [1.54, 1.807) is 0 Å². The maximum absolute atomic E-state index is 12.9. The summed E-state index contributed by atoms with van der Waals surface area (Å²) in [4.78, 5) is 1.94. The number of hydrogen-bond donors (Lipinski definition) is 2. The molecule has 1 aromatic rings. The van der Waals surface area contributed by atoms with Crippen molar-refractivity contribution in [3.8, 4) is 0 Å². The third-order valence-electron chi connectivity index (χ3n) is 6.61. The molecule has 190 valence electrons. The van der Waals surface area contributed by atoms with Gasteiger partial charge < -0.3 is 10.2 Å². The molecule has 0 spiro atoms. The fourth-order valence-electron chi connectivity index (χ4n) is 4.54. The summed E-state index contributed by atoms with van der Waals surface area (Å²) in [7, 11) is -2.32. The first-order valence-corrected chi connectivity index (χ1v) is 13.1. The summed E-state index contributed by atoms with van der Waals surface area (Å²) >= 11 is 0. The van der Waals surface area contributed by atoms with Gasteiger partial charge >= 0.3 is 6.18 Å². The van der Waals surface area contributed by atoms with E-state index in [2.05, 4.69) is 4.90 Å². The second-order valence-corrected chi connectivity index (χ2v) is 10.9. The zero-order valence-electron chi connectivity index (χ0n) is 19.3. The molecule has 6 nitrogen and oxygen atoms in total. The van der Waals surface area contributed by atoms with Gasteiger partial charge in [-0.25, -0.2) is 8.42 Å². The van der Waals surface area contributed by atoms with Crippen molar-refractivity contribution in [1.82, 2.24) is 9.21 Å². The van der Waals surface area contributed by atoms with E-state index in [0.29, 0.717) is 19.0 Å². The third kappa shape index (κ3) is 8.51. The van der Waals surface area contributed by atoms with Crippen LogP contribution in [0.25, 0.3) is 0 Å². The SMILES string of the molecule is CN(C1CCC(CCCCCN(CCO)CCO)CC1)S(=O)(=O)c1ccc(C(F)(F)F)cc1. The lowest BCUT2D eigenvalue weighted by Gasteiger charge is -2.34. The van der Waals surface area contributed by atoms with Crippen molar-refractivity contribution in [3.05, 3.63) is 29.8 Å². The molecule has 10 heteroatoms. The van der Waals surface area contributed by atoms with Crippen LogP contribution in [0.5, 0.6) is 0 Å². The van der Waals surface area contributed by atoms with Gasteiger partial charge in [0.15, 0.2) is 0 Å². The Labute approximate surface area is 195 Å². The number of hydrogen-bond acceptors (Lipinski definition) is 5. The monoisotopic (exact) mass is 494 g/mol. The molecular weight excluding hydrogens is 457 g/mol. The highest BCUT2D eigenvalue weighted by Gasteiger charge is 2.33. The number of sulfonamides is 1. The lowest BCUT2D eigenvalue weighted by atomic mass is 9.83. The molecule has 1 fully saturated rings. The highest BCUT2D eigenvalue weighted by Crippen LogP contribution is 2.34. The van der Waals surface area contributed by atoms with E-state index in [-0.39, 0.29) is 24.2 Å². The van der Waals surface area contributed by atoms with Crippen LogP contribution in [0.2, 0.25) is 0 Å². The molecule has 2 N–H and O–H groups in total. The summed E-state index contributed by atoms with van der Waals surface area (Å²) in [6, 6.07) is 3.54. The van der Waals surface area contributed by atoms with Crippen LogP contribution in [-0.2, 0) is 16.2 Å². The fourth-order valence-corrected chi connectivity index (χ4v) is 5.95. The molecule has 1 aromatic carbocycles. The Kier molecular flexibility index (Phi) is 11.1. The molecule has 0 unspecified atom stereocenters. The third-order valence-corrected chi connectivity index (χ3v) is 8.53. The number of rotatable bonds is 13. The van der Waals surface area contributed by atoms with Crippen LogP contribution in [0, 0.1) is 5.92 Å². The van der Waals surface area contributed by atoms with Crippen LogP contribution in [0.15, 0.2) is 29.2 Å². The molecule has 2 rings (SSSR count). The maximum atomic E-state index is 12.9. The Morgan fingerprint density at radius 2 is 1.48 bits per heavy atom. The second kappa shape index (κ2) is 13.0. The van der Waals surface area contributed by atoms with Crippen molar-refractivity contribution >= 4 is 10.0 Å². The number of halogens is 3. The quantitative estimate of drug-likeness (QED) is 0.409. The van der Waals surface area contributed by atoms with Crippen LogP contribution >= 0.6 is 0 Å². The van der Waals surface area contributed by atoms with Gasteiger partial charge in [0.05, 0.1) is 23.7 Å². The Bertz CT molecular complexity index is 789. The molecule has 0 amide bonds. The lowest BCUT2D eigenvalue weighted by Crippen LogP contribution is -2.39. The minimum Gasteiger partial charge on any atom is -0.395 e. The molecule has 0 atom stereocenters. The Hall–Kier alpha value is -1.20. The van der Waals surface area contributed by atoms with Gasteiger partial charge in [0, 0.05) is 26.2 Å². The first-order valence-electron chi connectivity index (χ1n) is 11.7. The Morgan fingerprint density at radius 3 is 2.00 bits per heavy atom. The van der Waals surface area contributed by atoms with E-state index in [4.69, 9.17) is 10.2 Å². The van der Waals surface area contributed by atoms with Gasteiger partial charge in [-0.1, -0.05) is 19.3 Å². The van der Waals surface area contributed by atoms with E-state index in [1.807, 2.05) is 0 Å². The molecule has 1 saturated carbocycles. The van der Waals surface area contributed by atoms with Crippen molar-refractivity contribution < 1.29 is 31.8 Å². The first-order chi connectivity index (χ1) is 15.6. The van der Waals surface area contributed by atoms with Gasteiger partial charge in [0.1, 0.15) is 0 Å². The first kappa shape index (κ1) is 28.0. The molecule has 1 aliphatic carbocycles. The minimum atomic E-state index is -4.50. The van der Waals surface area contributed by atoms with E-state index in [0.717, 1.165) is 82.2 Å². The topological polar surface area (TPSA) is 81.1 Å². The van der Waals surface area contributed by atoms with E-state index < -0.39 is 21.8 Å². The van der Waals surface area contributed by atoms with Crippen LogP contribution in [-0.4, -0.2) is 73.8 Å². The lowest BCUT2D eigenvalue weighted by molar-refractivity contribution is -0.137. The molecule has 0 radical (unpaired) electrons. The predicted molar refractivity (Wildman–Crippen MR) is 121 cm³/mol. The maximum Gasteiger partial charge on any atom is 0.416 e. The van der Waals surface area contributed by atoms with Gasteiger partial charge in [0.25, 0.3) is 0 Å². The average molecular weight is 495 g/mol. The number of benzene rings is 1. The molecule has 0 saturated heterocycles. The van der Waals surface area contributed by atoms with Crippen LogP contribution in [0.3, 0.4) is 0 Å². The highest BCUT2D eigenvalue weighted by molar-refractivity contribution is 7.89. The summed E-state index contributed by atoms with van der Waals surface area (Å²) in [6.45, 7) is 2.19. The minimum absolute atomic E-state index is 0.0896. The van der Waals surface area contributed by atoms with Gasteiger partial charge in [-0.3, -0.25) is 4.90 Å². The van der Waals surface area contributed by atoms with E-state index in [9.17, 15) is 21.6 Å². The number of aliphatic hydroxyl groups excluding tert-OH is 2. The van der Waals surface area contributed by atoms with Crippen molar-refractivity contribution in [3.63, 3.8) is 0 Å². The molecule has 0 bridgehead atoms. The molecule has 0 aromatic heterocycles. The average Bonchev–Trinajstić information content (AvgIpc) is 2.78. The molecule has 1 aliphatic rings. The Morgan fingerprint density at radius 1 is 0.909 bits per heavy atom. The van der Waals surface area contributed by atoms with Crippen molar-refractivity contribution in [2.75, 3.05) is 39.9 Å². The number of aliphatic hydroxyl groups is 2. The number of unbranched alkanes of at least 4 members (excludes halogenated alkanes) is 2. The predicted octanol–water partition coefficient (Wildman–Crippen LogP) is 3.73. The summed E-state index contributed by atoms with van der Waals surface area (Å²) in [5.74, 6) is 0.564. The number of alkyl halides is 3. The molecule has 0 aliphatic heterocycles. The van der Waals surface area contributed by atoms with E-state index in [1.165, 1.54) is 11.4 Å². The van der Waals surface area contributed by atoms with Gasteiger partial charge in [-0.15, -0.1) is 0 Å². The van der Waals surface area contributed by atoms with Crippen molar-refractivity contribution in [2.24, 2.45) is 5.92 Å². The standard InChI is InChI=1S/C23H37F3N2O4S/c1-27(33(31,32)22-12-8-20(9-13-22)23(24,25)26)21-10-6-19(7-11-21)5-3-2-4-14-28(15-17-29)16-18-30/h8-9,12-13,19,21,29-30H,2-7,10-11,14-18H2,1H3. The largest absolute Gasteiger partial charge is 0.416 e. The zero-order chi connectivity index (χ0) is 24.5. The second-order valence-electron chi connectivity index (χ2n) is 8.86. The zero-order valence-corrected chi connectivity index (χ0v) is 20.1. The van der Waals surface area contributed by atoms with Gasteiger partial charge in [-0.05, 0) is 68.8 Å². The Balaban J connectivity index is 1.76. The van der Waals surface area contributed by atoms with Crippen molar-refractivity contribution in [1.29, 1.82) is 0 Å².